The average Bonchev–Trinajstić information content (AvgIpc) is 3.47. The second-order valence-corrected chi connectivity index (χ2v) is 8.68. The number of hydrogen-bond acceptors (Lipinski definition) is 2. The molecule has 4 aromatic carbocycles. The van der Waals surface area contributed by atoms with Crippen LogP contribution in [0.5, 0.6) is 11.5 Å². The first-order valence-corrected chi connectivity index (χ1v) is 10.7. The number of halogens is 1. The monoisotopic (exact) mass is 400 g/mol. The Bertz CT molecular complexity index is 1140. The molecule has 144 valence electrons. The van der Waals surface area contributed by atoms with Crippen LogP contribution in [-0.2, 0) is 0 Å². The van der Waals surface area contributed by atoms with E-state index in [0.29, 0.717) is 25.0 Å². The number of rotatable bonds is 1. The van der Waals surface area contributed by atoms with Gasteiger partial charge >= 0.3 is 0 Å². The SMILES string of the molecule is ClC1CC1C1COc2ccc3ccccc3c2-c2c(ccc3ccccc23)OC1. The lowest BCUT2D eigenvalue weighted by molar-refractivity contribution is 0.164. The van der Waals surface area contributed by atoms with E-state index in [0.717, 1.165) is 29.0 Å². The fourth-order valence-corrected chi connectivity index (χ4v) is 5.03. The fraction of sp³-hybridized carbons (Fsp3) is 0.231. The summed E-state index contributed by atoms with van der Waals surface area (Å²) in [5.74, 6) is 2.61. The molecule has 2 nitrogen and oxygen atoms in total. The van der Waals surface area contributed by atoms with E-state index in [-0.39, 0.29) is 5.38 Å². The molecule has 2 aliphatic rings. The average molecular weight is 401 g/mol. The number of hydrogen-bond donors (Lipinski definition) is 0. The molecular formula is C26H21ClO2. The Labute approximate surface area is 175 Å². The first-order valence-electron chi connectivity index (χ1n) is 10.2. The van der Waals surface area contributed by atoms with Crippen molar-refractivity contribution in [2.45, 2.75) is 11.8 Å². The second-order valence-electron chi connectivity index (χ2n) is 8.12. The number of alkyl halides is 1. The van der Waals surface area contributed by atoms with E-state index >= 15 is 0 Å². The number of benzene rings is 4. The Kier molecular flexibility index (Phi) is 3.95. The van der Waals surface area contributed by atoms with Gasteiger partial charge in [0, 0.05) is 22.4 Å². The van der Waals surface area contributed by atoms with E-state index in [4.69, 9.17) is 21.1 Å². The zero-order valence-electron chi connectivity index (χ0n) is 16.0. The van der Waals surface area contributed by atoms with E-state index in [9.17, 15) is 0 Å². The lowest BCUT2D eigenvalue weighted by atomic mass is 9.92. The van der Waals surface area contributed by atoms with Crippen LogP contribution in [-0.4, -0.2) is 18.6 Å². The van der Waals surface area contributed by atoms with Gasteiger partial charge in [-0.1, -0.05) is 60.7 Å². The van der Waals surface area contributed by atoms with E-state index in [1.165, 1.54) is 21.5 Å². The van der Waals surface area contributed by atoms with Crippen LogP contribution in [0, 0.1) is 11.8 Å². The summed E-state index contributed by atoms with van der Waals surface area (Å²) in [5.41, 5.74) is 2.24. The van der Waals surface area contributed by atoms with Crippen molar-refractivity contribution in [2.75, 3.05) is 13.2 Å². The summed E-state index contributed by atoms with van der Waals surface area (Å²) in [7, 11) is 0. The third-order valence-electron chi connectivity index (χ3n) is 6.30. The Morgan fingerprint density at radius 3 is 1.62 bits per heavy atom. The van der Waals surface area contributed by atoms with Crippen LogP contribution in [0.25, 0.3) is 32.7 Å². The third-order valence-corrected chi connectivity index (χ3v) is 6.80. The van der Waals surface area contributed by atoms with Crippen LogP contribution in [0.3, 0.4) is 0 Å². The van der Waals surface area contributed by atoms with Gasteiger partial charge in [-0.15, -0.1) is 11.6 Å². The first kappa shape index (κ1) is 17.2. The van der Waals surface area contributed by atoms with Gasteiger partial charge in [0.1, 0.15) is 11.5 Å². The highest BCUT2D eigenvalue weighted by Crippen LogP contribution is 2.48. The highest BCUT2D eigenvalue weighted by molar-refractivity contribution is 6.22. The van der Waals surface area contributed by atoms with Gasteiger partial charge in [0.15, 0.2) is 0 Å². The largest absolute Gasteiger partial charge is 0.492 e. The molecule has 4 aromatic rings. The van der Waals surface area contributed by atoms with Crippen molar-refractivity contribution in [3.05, 3.63) is 72.8 Å². The summed E-state index contributed by atoms with van der Waals surface area (Å²) in [6.45, 7) is 1.26. The van der Waals surface area contributed by atoms with Crippen molar-refractivity contribution in [1.29, 1.82) is 0 Å². The van der Waals surface area contributed by atoms with E-state index in [2.05, 4.69) is 72.8 Å². The molecule has 0 amide bonds. The molecule has 1 aliphatic heterocycles. The van der Waals surface area contributed by atoms with Gasteiger partial charge in [-0.2, -0.15) is 0 Å². The van der Waals surface area contributed by atoms with E-state index < -0.39 is 0 Å². The molecule has 6 rings (SSSR count). The van der Waals surface area contributed by atoms with Gasteiger partial charge in [-0.3, -0.25) is 0 Å². The van der Waals surface area contributed by atoms with Crippen LogP contribution in [0.2, 0.25) is 0 Å². The number of ether oxygens (including phenoxy) is 2. The number of fused-ring (bicyclic) bond motifs is 7. The molecule has 0 aromatic heterocycles. The third kappa shape index (κ3) is 2.86. The van der Waals surface area contributed by atoms with E-state index in [1.54, 1.807) is 0 Å². The van der Waals surface area contributed by atoms with Crippen LogP contribution in [0.15, 0.2) is 72.8 Å². The topological polar surface area (TPSA) is 18.5 Å². The smallest absolute Gasteiger partial charge is 0.127 e. The normalized spacial score (nSPS) is 21.3. The summed E-state index contributed by atoms with van der Waals surface area (Å²) in [5, 5.41) is 5.03. The zero-order valence-corrected chi connectivity index (χ0v) is 16.7. The summed E-state index contributed by atoms with van der Waals surface area (Å²) in [6.07, 6.45) is 1.05. The van der Waals surface area contributed by atoms with Gasteiger partial charge in [0.05, 0.1) is 13.2 Å². The molecule has 29 heavy (non-hydrogen) atoms. The van der Waals surface area contributed by atoms with Crippen LogP contribution in [0.4, 0.5) is 0 Å². The van der Waals surface area contributed by atoms with Crippen LogP contribution in [0.1, 0.15) is 6.42 Å². The highest BCUT2D eigenvalue weighted by atomic mass is 35.5. The summed E-state index contributed by atoms with van der Waals surface area (Å²) in [6, 6.07) is 25.5. The predicted octanol–water partition coefficient (Wildman–Crippen LogP) is 6.67. The molecule has 0 radical (unpaired) electrons. The summed E-state index contributed by atoms with van der Waals surface area (Å²) in [4.78, 5) is 0. The zero-order chi connectivity index (χ0) is 19.4. The highest BCUT2D eigenvalue weighted by Gasteiger charge is 2.42. The fourth-order valence-electron chi connectivity index (χ4n) is 4.62. The lowest BCUT2D eigenvalue weighted by Gasteiger charge is -2.17. The predicted molar refractivity (Wildman–Crippen MR) is 119 cm³/mol. The van der Waals surface area contributed by atoms with Crippen molar-refractivity contribution < 1.29 is 9.47 Å². The minimum Gasteiger partial charge on any atom is -0.492 e. The van der Waals surface area contributed by atoms with Gasteiger partial charge in [-0.25, -0.2) is 0 Å². The maximum atomic E-state index is 6.45. The van der Waals surface area contributed by atoms with Crippen molar-refractivity contribution in [1.82, 2.24) is 0 Å². The minimum atomic E-state index is 0.250. The van der Waals surface area contributed by atoms with Crippen molar-refractivity contribution in [3.8, 4) is 22.6 Å². The van der Waals surface area contributed by atoms with Crippen molar-refractivity contribution >= 4 is 33.1 Å². The van der Waals surface area contributed by atoms with E-state index in [1.807, 2.05) is 0 Å². The van der Waals surface area contributed by atoms with Crippen molar-refractivity contribution in [2.24, 2.45) is 11.8 Å². The van der Waals surface area contributed by atoms with Gasteiger partial charge in [-0.05, 0) is 46.0 Å². The van der Waals surface area contributed by atoms with Crippen LogP contribution < -0.4 is 9.47 Å². The molecule has 1 fully saturated rings. The Balaban J connectivity index is 1.65. The maximum absolute atomic E-state index is 6.45. The standard InChI is InChI=1S/C26H21ClO2/c27-22-13-21(22)18-14-28-23-11-9-16-5-1-3-7-19(16)25(23)26-20-8-4-2-6-17(20)10-12-24(26)29-15-18/h1-12,18,21-22H,13-15H2. The molecule has 2 atom stereocenters. The second kappa shape index (κ2) is 6.67. The molecule has 3 heteroatoms. The molecule has 0 bridgehead atoms. The molecule has 1 aliphatic carbocycles. The minimum absolute atomic E-state index is 0.250. The Morgan fingerprint density at radius 1 is 0.655 bits per heavy atom. The molecule has 0 saturated heterocycles. The molecule has 1 saturated carbocycles. The Morgan fingerprint density at radius 2 is 1.14 bits per heavy atom. The van der Waals surface area contributed by atoms with Crippen molar-refractivity contribution in [3.63, 3.8) is 0 Å². The molecule has 2 unspecified atom stereocenters. The lowest BCUT2D eigenvalue weighted by Crippen LogP contribution is -2.22. The summed E-state index contributed by atoms with van der Waals surface area (Å²) < 4.78 is 12.9. The van der Waals surface area contributed by atoms with Gasteiger partial charge in [0.25, 0.3) is 0 Å². The van der Waals surface area contributed by atoms with Crippen LogP contribution >= 0.6 is 11.6 Å². The van der Waals surface area contributed by atoms with Gasteiger partial charge in [0.2, 0.25) is 0 Å². The molecular weight excluding hydrogens is 380 g/mol. The Hall–Kier alpha value is -2.71. The van der Waals surface area contributed by atoms with Gasteiger partial charge < -0.3 is 9.47 Å². The summed E-state index contributed by atoms with van der Waals surface area (Å²) >= 11 is 6.37. The molecule has 0 spiro atoms. The first-order chi connectivity index (χ1) is 14.3. The maximum Gasteiger partial charge on any atom is 0.127 e. The molecule has 1 heterocycles. The quantitative estimate of drug-likeness (QED) is 0.332. The molecule has 0 N–H and O–H groups in total.